The minimum atomic E-state index is 0. The fraction of sp³-hybridized carbons (Fsp3) is 0. The molecule has 0 aromatic rings. The van der Waals surface area contributed by atoms with Crippen LogP contribution in [0.4, 0.5) is 0 Å². The van der Waals surface area contributed by atoms with Crippen LogP contribution < -0.4 is 0 Å². The summed E-state index contributed by atoms with van der Waals surface area (Å²) >= 11 is 0. The molecule has 6 heteroatoms. The van der Waals surface area contributed by atoms with Crippen LogP contribution in [0.5, 0.6) is 0 Å². The van der Waals surface area contributed by atoms with Gasteiger partial charge in [-0.2, -0.15) is 39.6 Å². The van der Waals surface area contributed by atoms with Gasteiger partial charge in [0, 0.05) is 17.1 Å². The van der Waals surface area contributed by atoms with Gasteiger partial charge < -0.3 is 14.9 Å². The summed E-state index contributed by atoms with van der Waals surface area (Å²) in [6.45, 7) is 0. The van der Waals surface area contributed by atoms with Crippen molar-refractivity contribution in [1.29, 1.82) is 0 Å². The summed E-state index contributed by atoms with van der Waals surface area (Å²) in [5.74, 6) is 0. The van der Waals surface area contributed by atoms with Gasteiger partial charge >= 0.3 is 17.1 Å². The number of hydrogen-bond donors (Lipinski definition) is 0. The van der Waals surface area contributed by atoms with Crippen molar-refractivity contribution in [2.75, 3.05) is 0 Å². The first kappa shape index (κ1) is 135. The average Bonchev–Trinajstić information content (AvgIpc) is 0. The van der Waals surface area contributed by atoms with Crippen LogP contribution in [0.3, 0.4) is 0 Å². The standard InChI is InChI=1S/2CH3.2Cu.4H3P/h2*1H3;;;4*1H3/q2*-1;;+2;;;;. The van der Waals surface area contributed by atoms with Gasteiger partial charge in [-0.25, -0.2) is 0 Å². The summed E-state index contributed by atoms with van der Waals surface area (Å²) in [6.07, 6.45) is 0. The topological polar surface area (TPSA) is 0 Å². The van der Waals surface area contributed by atoms with E-state index in [2.05, 4.69) is 0 Å². The van der Waals surface area contributed by atoms with E-state index in [0.717, 1.165) is 0 Å². The maximum absolute atomic E-state index is 0. The molecule has 0 aromatic heterocycles. The van der Waals surface area contributed by atoms with E-state index in [1.165, 1.54) is 0 Å². The van der Waals surface area contributed by atoms with E-state index in [4.69, 9.17) is 0 Å². The molecule has 0 N–H and O–H groups in total. The van der Waals surface area contributed by atoms with Crippen molar-refractivity contribution in [3.8, 4) is 0 Å². The van der Waals surface area contributed by atoms with Crippen molar-refractivity contribution < 1.29 is 34.1 Å². The molecule has 0 aliphatic heterocycles. The molecule has 4 atom stereocenters. The molecule has 0 aliphatic rings. The van der Waals surface area contributed by atoms with E-state index in [1.807, 2.05) is 0 Å². The van der Waals surface area contributed by atoms with E-state index in [1.54, 1.807) is 0 Å². The largest absolute Gasteiger partial charge is 2.00 e. The number of rotatable bonds is 0. The summed E-state index contributed by atoms with van der Waals surface area (Å²) in [5.41, 5.74) is 0. The Balaban J connectivity index is 0. The van der Waals surface area contributed by atoms with Crippen molar-refractivity contribution in [3.63, 3.8) is 0 Å². The second-order valence-electron chi connectivity index (χ2n) is 0. The van der Waals surface area contributed by atoms with Gasteiger partial charge in [-0.15, -0.1) is 0 Å². The molecule has 0 saturated heterocycles. The molecule has 0 aromatic carbocycles. The van der Waals surface area contributed by atoms with E-state index in [9.17, 15) is 0 Å². The summed E-state index contributed by atoms with van der Waals surface area (Å²) < 4.78 is 0. The molecular weight excluding hydrogens is 275 g/mol. The zero-order chi connectivity index (χ0) is 0. The maximum atomic E-state index is 0. The SMILES string of the molecule is P.P.P.P.[CH3-].[CH3-].[Cu+2].[Cu]. The second kappa shape index (κ2) is 98.4. The molecule has 0 spiro atoms. The molecule has 8 heavy (non-hydrogen) atoms. The van der Waals surface area contributed by atoms with Crippen LogP contribution in [0, 0.1) is 14.9 Å². The summed E-state index contributed by atoms with van der Waals surface area (Å²) in [5, 5.41) is 0. The Hall–Kier alpha value is 2.76. The maximum Gasteiger partial charge on any atom is 2.00 e. The monoisotopic (exact) mass is 292 g/mol. The van der Waals surface area contributed by atoms with Gasteiger partial charge in [0.25, 0.3) is 0 Å². The zero-order valence-corrected chi connectivity index (χ0v) is 13.0. The first-order chi connectivity index (χ1) is 0. The van der Waals surface area contributed by atoms with Crippen LogP contribution in [-0.2, 0) is 34.1 Å². The van der Waals surface area contributed by atoms with E-state index in [-0.39, 0.29) is 88.6 Å². The normalized spacial score (nSPS) is 0. The first-order valence-electron chi connectivity index (χ1n) is 0. The van der Waals surface area contributed by atoms with Gasteiger partial charge in [0.2, 0.25) is 0 Å². The summed E-state index contributed by atoms with van der Waals surface area (Å²) in [7, 11) is 0. The van der Waals surface area contributed by atoms with Gasteiger partial charge in [-0.1, -0.05) is 0 Å². The fourth-order valence-electron chi connectivity index (χ4n) is 0. The van der Waals surface area contributed by atoms with Crippen LogP contribution in [0.15, 0.2) is 0 Å². The Morgan fingerprint density at radius 3 is 0.500 bits per heavy atom. The van der Waals surface area contributed by atoms with Crippen LogP contribution in [0.1, 0.15) is 0 Å². The van der Waals surface area contributed by atoms with Crippen molar-refractivity contribution in [2.24, 2.45) is 0 Å². The Morgan fingerprint density at radius 1 is 0.500 bits per heavy atom. The predicted octanol–water partition coefficient (Wildman–Crippen LogP) is 1.13. The third kappa shape index (κ3) is 69.3. The van der Waals surface area contributed by atoms with Crippen LogP contribution in [-0.4, -0.2) is 0 Å². The fourth-order valence-corrected chi connectivity index (χ4v) is 0. The Bertz CT molecular complexity index is 12.0. The van der Waals surface area contributed by atoms with Crippen molar-refractivity contribution in [2.45, 2.75) is 0 Å². The molecule has 4 unspecified atom stereocenters. The Kier molecular flexibility index (Phi) is 1660. The van der Waals surface area contributed by atoms with Crippen LogP contribution in [0.25, 0.3) is 0 Å². The predicted molar refractivity (Wildman–Crippen MR) is 57.2 cm³/mol. The van der Waals surface area contributed by atoms with Gasteiger partial charge in [-0.05, 0) is 0 Å². The van der Waals surface area contributed by atoms with E-state index >= 15 is 0 Å². The van der Waals surface area contributed by atoms with E-state index < -0.39 is 0 Å². The minimum absolute atomic E-state index is 0. The summed E-state index contributed by atoms with van der Waals surface area (Å²) in [6, 6.07) is 0. The molecule has 68 valence electrons. The molecule has 0 fully saturated rings. The first-order valence-corrected chi connectivity index (χ1v) is 0. The number of hydrogen-bond acceptors (Lipinski definition) is 0. The minimum Gasteiger partial charge on any atom is -0.358 e. The Labute approximate surface area is 88.3 Å². The molecule has 0 saturated carbocycles. The van der Waals surface area contributed by atoms with Crippen molar-refractivity contribution >= 4 is 39.6 Å². The Morgan fingerprint density at radius 2 is 0.500 bits per heavy atom. The summed E-state index contributed by atoms with van der Waals surface area (Å²) in [4.78, 5) is 0. The van der Waals surface area contributed by atoms with Gasteiger partial charge in [0.05, 0.1) is 0 Å². The molecule has 0 nitrogen and oxygen atoms in total. The molecule has 0 bridgehead atoms. The van der Waals surface area contributed by atoms with Crippen LogP contribution >= 0.6 is 39.6 Å². The molecule has 0 heterocycles. The molecule has 0 aliphatic carbocycles. The molecule has 2 radical (unpaired) electrons. The van der Waals surface area contributed by atoms with Crippen molar-refractivity contribution in [3.05, 3.63) is 14.9 Å². The third-order valence-corrected chi connectivity index (χ3v) is 0. The van der Waals surface area contributed by atoms with Crippen molar-refractivity contribution in [1.82, 2.24) is 0 Å². The van der Waals surface area contributed by atoms with Gasteiger partial charge in [0.1, 0.15) is 0 Å². The third-order valence-electron chi connectivity index (χ3n) is 0. The quantitative estimate of drug-likeness (QED) is 0.357. The molecule has 0 amide bonds. The zero-order valence-electron chi connectivity index (χ0n) is 5.43. The van der Waals surface area contributed by atoms with Gasteiger partial charge in [-0.3, -0.25) is 0 Å². The molecule has 0 rings (SSSR count). The van der Waals surface area contributed by atoms with Crippen LogP contribution in [0.2, 0.25) is 0 Å². The molecular formula is C2H18Cu2P4. The smallest absolute Gasteiger partial charge is 0.358 e. The average molecular weight is 293 g/mol. The van der Waals surface area contributed by atoms with Gasteiger partial charge in [0.15, 0.2) is 0 Å². The second-order valence-corrected chi connectivity index (χ2v) is 0. The van der Waals surface area contributed by atoms with E-state index in [0.29, 0.717) is 0 Å².